The number of benzene rings is 1. The van der Waals surface area contributed by atoms with Gasteiger partial charge in [0.25, 0.3) is 0 Å². The summed E-state index contributed by atoms with van der Waals surface area (Å²) in [7, 11) is 3.50. The van der Waals surface area contributed by atoms with Crippen molar-refractivity contribution < 1.29 is 9.59 Å². The van der Waals surface area contributed by atoms with E-state index in [2.05, 4.69) is 15.7 Å². The molecule has 7 nitrogen and oxygen atoms in total. The normalized spacial score (nSPS) is 14.3. The monoisotopic (exact) mass is 327 g/mol. The van der Waals surface area contributed by atoms with Gasteiger partial charge in [0.1, 0.15) is 6.04 Å². The van der Waals surface area contributed by atoms with Gasteiger partial charge in [-0.15, -0.1) is 0 Å². The highest BCUT2D eigenvalue weighted by Gasteiger charge is 2.26. The minimum atomic E-state index is -0.530. The first-order valence-corrected chi connectivity index (χ1v) is 7.92. The van der Waals surface area contributed by atoms with E-state index < -0.39 is 6.04 Å². The van der Waals surface area contributed by atoms with Crippen LogP contribution in [0.2, 0.25) is 0 Å². The second-order valence-electron chi connectivity index (χ2n) is 5.81. The van der Waals surface area contributed by atoms with Crippen LogP contribution in [0.1, 0.15) is 17.2 Å². The van der Waals surface area contributed by atoms with E-state index in [4.69, 9.17) is 0 Å². The van der Waals surface area contributed by atoms with E-state index in [9.17, 15) is 9.59 Å². The summed E-state index contributed by atoms with van der Waals surface area (Å²) in [4.78, 5) is 26.5. The molecule has 0 fully saturated rings. The predicted molar refractivity (Wildman–Crippen MR) is 90.5 cm³/mol. The van der Waals surface area contributed by atoms with Crippen molar-refractivity contribution in [2.24, 2.45) is 7.05 Å². The fraction of sp³-hybridized carbons (Fsp3) is 0.353. The van der Waals surface area contributed by atoms with Crippen molar-refractivity contribution in [2.75, 3.05) is 25.0 Å². The third kappa shape index (κ3) is 3.16. The number of hydrogen-bond donors (Lipinski definition) is 2. The van der Waals surface area contributed by atoms with Crippen LogP contribution < -0.4 is 15.5 Å². The number of hydrogen-bond acceptors (Lipinski definition) is 4. The molecule has 0 spiro atoms. The Kier molecular flexibility index (Phi) is 4.61. The van der Waals surface area contributed by atoms with Crippen molar-refractivity contribution in [1.29, 1.82) is 0 Å². The highest BCUT2D eigenvalue weighted by molar-refractivity contribution is 5.98. The third-order valence-corrected chi connectivity index (χ3v) is 4.21. The largest absolute Gasteiger partial charge is 0.345 e. The fourth-order valence-electron chi connectivity index (χ4n) is 3.00. The van der Waals surface area contributed by atoms with E-state index in [0.29, 0.717) is 6.54 Å². The number of carbonyl (C=O) groups is 2. The van der Waals surface area contributed by atoms with Gasteiger partial charge in [0.05, 0.1) is 12.7 Å². The molecule has 126 valence electrons. The van der Waals surface area contributed by atoms with Gasteiger partial charge in [0.15, 0.2) is 0 Å². The molecule has 2 N–H and O–H groups in total. The van der Waals surface area contributed by atoms with Gasteiger partial charge in [-0.2, -0.15) is 5.10 Å². The maximum atomic E-state index is 12.4. The Hall–Kier alpha value is -2.67. The fourth-order valence-corrected chi connectivity index (χ4v) is 3.00. The first-order valence-electron chi connectivity index (χ1n) is 7.92. The molecule has 3 rings (SSSR count). The van der Waals surface area contributed by atoms with E-state index in [0.717, 1.165) is 17.7 Å². The van der Waals surface area contributed by atoms with Crippen LogP contribution in [0.4, 0.5) is 5.69 Å². The summed E-state index contributed by atoms with van der Waals surface area (Å²) in [5.74, 6) is -0.347. The lowest BCUT2D eigenvalue weighted by Crippen LogP contribution is -2.43. The lowest BCUT2D eigenvalue weighted by atomic mass is 10.1. The maximum Gasteiger partial charge on any atom is 0.246 e. The summed E-state index contributed by atoms with van der Waals surface area (Å²) in [6, 6.07) is 7.33. The van der Waals surface area contributed by atoms with Gasteiger partial charge >= 0.3 is 0 Å². The van der Waals surface area contributed by atoms with Gasteiger partial charge < -0.3 is 15.5 Å². The molecule has 7 heteroatoms. The zero-order valence-corrected chi connectivity index (χ0v) is 13.8. The standard InChI is InChI=1S/C17H21N5O2/c1-18-16(13-9-20-21(2)11-13)17(24)19-10-15(23)22-8-7-12-5-3-4-6-14(12)22/h3-6,9,11,16,18H,7-8,10H2,1-2H3,(H,19,24). The highest BCUT2D eigenvalue weighted by atomic mass is 16.2. The Morgan fingerprint density at radius 2 is 2.12 bits per heavy atom. The van der Waals surface area contributed by atoms with Crippen molar-refractivity contribution in [1.82, 2.24) is 20.4 Å². The van der Waals surface area contributed by atoms with Crippen molar-refractivity contribution >= 4 is 17.5 Å². The molecular weight excluding hydrogens is 306 g/mol. The van der Waals surface area contributed by atoms with Crippen molar-refractivity contribution in [3.8, 4) is 0 Å². The van der Waals surface area contributed by atoms with E-state index in [1.165, 1.54) is 5.56 Å². The molecule has 2 aromatic rings. The summed E-state index contributed by atoms with van der Waals surface area (Å²) < 4.78 is 1.64. The molecule has 1 aromatic carbocycles. The number of aryl methyl sites for hydroxylation is 1. The molecule has 1 unspecified atom stereocenters. The molecule has 24 heavy (non-hydrogen) atoms. The van der Waals surface area contributed by atoms with Gasteiger partial charge in [0, 0.05) is 31.0 Å². The molecule has 1 aliphatic heterocycles. The van der Waals surface area contributed by atoms with Crippen LogP contribution >= 0.6 is 0 Å². The van der Waals surface area contributed by atoms with E-state index in [1.807, 2.05) is 24.3 Å². The average molecular weight is 327 g/mol. The first-order chi connectivity index (χ1) is 11.6. The molecule has 1 aromatic heterocycles. The molecule has 0 radical (unpaired) electrons. The van der Waals surface area contributed by atoms with Gasteiger partial charge in [-0.25, -0.2) is 0 Å². The predicted octanol–water partition coefficient (Wildman–Crippen LogP) is 0.386. The topological polar surface area (TPSA) is 79.3 Å². The van der Waals surface area contributed by atoms with Gasteiger partial charge in [0.2, 0.25) is 11.8 Å². The SMILES string of the molecule is CNC(C(=O)NCC(=O)N1CCc2ccccc21)c1cnn(C)c1. The number of aromatic nitrogens is 2. The van der Waals surface area contributed by atoms with Crippen molar-refractivity contribution in [3.05, 3.63) is 47.8 Å². The quantitative estimate of drug-likeness (QED) is 0.832. The minimum Gasteiger partial charge on any atom is -0.345 e. The summed E-state index contributed by atoms with van der Waals surface area (Å²) in [6.45, 7) is 0.637. The lowest BCUT2D eigenvalue weighted by molar-refractivity contribution is -0.126. The lowest BCUT2D eigenvalue weighted by Gasteiger charge is -2.19. The van der Waals surface area contributed by atoms with Crippen molar-refractivity contribution in [2.45, 2.75) is 12.5 Å². The molecule has 1 aliphatic rings. The average Bonchev–Trinajstić information content (AvgIpc) is 3.20. The number of carbonyl (C=O) groups excluding carboxylic acids is 2. The number of nitrogens with zero attached hydrogens (tertiary/aromatic N) is 3. The van der Waals surface area contributed by atoms with Gasteiger partial charge in [-0.05, 0) is 25.1 Å². The second kappa shape index (κ2) is 6.84. The zero-order valence-electron chi connectivity index (χ0n) is 13.8. The summed E-state index contributed by atoms with van der Waals surface area (Å²) in [6.07, 6.45) is 4.27. The number of nitrogens with one attached hydrogen (secondary N) is 2. The highest BCUT2D eigenvalue weighted by Crippen LogP contribution is 2.27. The molecule has 0 saturated carbocycles. The minimum absolute atomic E-state index is 0.0222. The summed E-state index contributed by atoms with van der Waals surface area (Å²) in [5.41, 5.74) is 2.87. The zero-order chi connectivity index (χ0) is 17.1. The number of para-hydroxylation sites is 1. The van der Waals surface area contributed by atoms with E-state index >= 15 is 0 Å². The third-order valence-electron chi connectivity index (χ3n) is 4.21. The summed E-state index contributed by atoms with van der Waals surface area (Å²) in [5, 5.41) is 9.74. The number of anilines is 1. The van der Waals surface area contributed by atoms with Crippen LogP contribution in [0.5, 0.6) is 0 Å². The number of likely N-dealkylation sites (N-methyl/N-ethyl adjacent to an activating group) is 1. The number of fused-ring (bicyclic) bond motifs is 1. The van der Waals surface area contributed by atoms with E-state index in [1.54, 1.807) is 36.1 Å². The number of amides is 2. The summed E-state index contributed by atoms with van der Waals surface area (Å²) >= 11 is 0. The van der Waals surface area contributed by atoms with Gasteiger partial charge in [-0.3, -0.25) is 14.3 Å². The van der Waals surface area contributed by atoms with Crippen LogP contribution in [-0.2, 0) is 23.1 Å². The molecule has 0 saturated heterocycles. The van der Waals surface area contributed by atoms with Gasteiger partial charge in [-0.1, -0.05) is 18.2 Å². The van der Waals surface area contributed by atoms with Crippen molar-refractivity contribution in [3.63, 3.8) is 0 Å². The molecule has 0 bridgehead atoms. The molecule has 1 atom stereocenters. The Morgan fingerprint density at radius 1 is 1.33 bits per heavy atom. The Bertz CT molecular complexity index is 755. The molecule has 2 heterocycles. The van der Waals surface area contributed by atoms with E-state index in [-0.39, 0.29) is 18.4 Å². The van der Waals surface area contributed by atoms with Crippen LogP contribution in [0.15, 0.2) is 36.7 Å². The smallest absolute Gasteiger partial charge is 0.246 e. The maximum absolute atomic E-state index is 12.4. The Labute approximate surface area is 140 Å². The Balaban J connectivity index is 1.61. The van der Waals surface area contributed by atoms with Crippen LogP contribution in [0.25, 0.3) is 0 Å². The molecule has 2 amide bonds. The number of rotatable bonds is 5. The van der Waals surface area contributed by atoms with Crippen LogP contribution in [0.3, 0.4) is 0 Å². The second-order valence-corrected chi connectivity index (χ2v) is 5.81. The van der Waals surface area contributed by atoms with Crippen LogP contribution in [-0.4, -0.2) is 41.7 Å². The van der Waals surface area contributed by atoms with Crippen LogP contribution in [0, 0.1) is 0 Å². The molecular formula is C17H21N5O2. The molecule has 0 aliphatic carbocycles. The first kappa shape index (κ1) is 16.2. The Morgan fingerprint density at radius 3 is 2.83 bits per heavy atom.